The zero-order valence-electron chi connectivity index (χ0n) is 18.2. The van der Waals surface area contributed by atoms with Crippen molar-refractivity contribution in [1.29, 1.82) is 0 Å². The van der Waals surface area contributed by atoms with Gasteiger partial charge in [0.1, 0.15) is 5.76 Å². The first-order valence-corrected chi connectivity index (χ1v) is 11.3. The molecule has 0 spiro atoms. The van der Waals surface area contributed by atoms with Crippen LogP contribution in [-0.2, 0) is 27.9 Å². The second-order valence-electron chi connectivity index (χ2n) is 7.13. The molecular formula is C23H26N2O6S. The molecule has 1 heterocycles. The van der Waals surface area contributed by atoms with Gasteiger partial charge in [0, 0.05) is 6.54 Å². The first kappa shape index (κ1) is 23.4. The maximum absolute atomic E-state index is 13.2. The van der Waals surface area contributed by atoms with Crippen LogP contribution in [0.5, 0.6) is 11.5 Å². The number of sulfonamides is 1. The summed E-state index contributed by atoms with van der Waals surface area (Å²) in [5.41, 5.74) is 1.73. The summed E-state index contributed by atoms with van der Waals surface area (Å²) >= 11 is 0. The van der Waals surface area contributed by atoms with Gasteiger partial charge in [-0.3, -0.25) is 4.79 Å². The molecule has 3 rings (SSSR count). The van der Waals surface area contributed by atoms with Crippen molar-refractivity contribution in [2.75, 3.05) is 20.8 Å². The molecule has 0 bridgehead atoms. The number of hydrogen-bond donors (Lipinski definition) is 1. The molecule has 0 radical (unpaired) electrons. The highest BCUT2D eigenvalue weighted by atomic mass is 32.2. The van der Waals surface area contributed by atoms with Gasteiger partial charge in [-0.05, 0) is 48.9 Å². The number of aryl methyl sites for hydroxylation is 1. The lowest BCUT2D eigenvalue weighted by molar-refractivity contribution is -0.121. The largest absolute Gasteiger partial charge is 0.493 e. The van der Waals surface area contributed by atoms with E-state index in [-0.39, 0.29) is 24.5 Å². The molecule has 8 nitrogen and oxygen atoms in total. The van der Waals surface area contributed by atoms with Crippen molar-refractivity contribution >= 4 is 15.9 Å². The summed E-state index contributed by atoms with van der Waals surface area (Å²) in [4.78, 5) is 12.8. The van der Waals surface area contributed by atoms with E-state index in [1.165, 1.54) is 25.5 Å². The second kappa shape index (κ2) is 10.3. The fraction of sp³-hybridized carbons (Fsp3) is 0.261. The van der Waals surface area contributed by atoms with Gasteiger partial charge in [0.15, 0.2) is 11.5 Å². The van der Waals surface area contributed by atoms with E-state index in [0.717, 1.165) is 15.4 Å². The Kier molecular flexibility index (Phi) is 7.55. The summed E-state index contributed by atoms with van der Waals surface area (Å²) in [6.45, 7) is 1.66. The third-order valence-corrected chi connectivity index (χ3v) is 6.63. The fourth-order valence-corrected chi connectivity index (χ4v) is 4.43. The smallest absolute Gasteiger partial charge is 0.243 e. The second-order valence-corrected chi connectivity index (χ2v) is 9.07. The van der Waals surface area contributed by atoms with Crippen LogP contribution < -0.4 is 14.8 Å². The number of ether oxygens (including phenoxy) is 2. The van der Waals surface area contributed by atoms with E-state index in [4.69, 9.17) is 13.9 Å². The molecule has 0 unspecified atom stereocenters. The minimum absolute atomic E-state index is 0.0625. The summed E-state index contributed by atoms with van der Waals surface area (Å²) in [6.07, 6.45) is 1.46. The molecule has 2 aromatic carbocycles. The first-order chi connectivity index (χ1) is 15.3. The summed E-state index contributed by atoms with van der Waals surface area (Å²) < 4.78 is 43.3. The normalized spacial score (nSPS) is 11.4. The van der Waals surface area contributed by atoms with E-state index in [2.05, 4.69) is 5.32 Å². The van der Waals surface area contributed by atoms with E-state index in [1.54, 1.807) is 49.6 Å². The van der Waals surface area contributed by atoms with Gasteiger partial charge in [0.2, 0.25) is 15.9 Å². The quantitative estimate of drug-likeness (QED) is 0.501. The Morgan fingerprint density at radius 2 is 1.75 bits per heavy atom. The van der Waals surface area contributed by atoms with Crippen LogP contribution in [0.3, 0.4) is 0 Å². The number of nitrogens with one attached hydrogen (secondary N) is 1. The van der Waals surface area contributed by atoms with Crippen molar-refractivity contribution < 1.29 is 27.1 Å². The average Bonchev–Trinajstić information content (AvgIpc) is 3.30. The summed E-state index contributed by atoms with van der Waals surface area (Å²) in [5.74, 6) is 1.12. The molecule has 170 valence electrons. The van der Waals surface area contributed by atoms with Gasteiger partial charge in [0.05, 0.1) is 38.5 Å². The van der Waals surface area contributed by atoms with E-state index < -0.39 is 15.9 Å². The Bertz CT molecular complexity index is 1140. The van der Waals surface area contributed by atoms with Crippen LogP contribution in [-0.4, -0.2) is 39.4 Å². The third-order valence-electron chi connectivity index (χ3n) is 4.83. The van der Waals surface area contributed by atoms with Crippen molar-refractivity contribution in [1.82, 2.24) is 9.62 Å². The molecule has 1 aromatic heterocycles. The molecule has 0 saturated heterocycles. The number of hydrogen-bond acceptors (Lipinski definition) is 6. The Labute approximate surface area is 187 Å². The van der Waals surface area contributed by atoms with Gasteiger partial charge in [-0.2, -0.15) is 4.31 Å². The molecule has 0 aliphatic carbocycles. The number of methoxy groups -OCH3 is 2. The predicted molar refractivity (Wildman–Crippen MR) is 119 cm³/mol. The van der Waals surface area contributed by atoms with Gasteiger partial charge in [-0.1, -0.05) is 23.8 Å². The topological polar surface area (TPSA) is 98.1 Å². The Hall–Kier alpha value is -3.30. The summed E-state index contributed by atoms with van der Waals surface area (Å²) in [6, 6.07) is 15.1. The number of furan rings is 1. The summed E-state index contributed by atoms with van der Waals surface area (Å²) in [5, 5.41) is 2.76. The van der Waals surface area contributed by atoms with Crippen molar-refractivity contribution in [3.05, 3.63) is 77.7 Å². The van der Waals surface area contributed by atoms with Crippen LogP contribution in [0.2, 0.25) is 0 Å². The molecule has 0 fully saturated rings. The minimum atomic E-state index is -3.92. The van der Waals surface area contributed by atoms with Crippen LogP contribution in [0.1, 0.15) is 16.9 Å². The highest BCUT2D eigenvalue weighted by Crippen LogP contribution is 2.27. The van der Waals surface area contributed by atoms with Gasteiger partial charge in [-0.25, -0.2) is 8.42 Å². The van der Waals surface area contributed by atoms with Crippen molar-refractivity contribution in [3.8, 4) is 11.5 Å². The van der Waals surface area contributed by atoms with E-state index in [9.17, 15) is 13.2 Å². The van der Waals surface area contributed by atoms with Crippen molar-refractivity contribution in [3.63, 3.8) is 0 Å². The lowest BCUT2D eigenvalue weighted by Gasteiger charge is -2.21. The third kappa shape index (κ3) is 5.68. The minimum Gasteiger partial charge on any atom is -0.493 e. The SMILES string of the molecule is COc1ccc(CNC(=O)CN(Cc2ccco2)S(=O)(=O)c2ccc(C)cc2)cc1OC. The van der Waals surface area contributed by atoms with Gasteiger partial charge in [-0.15, -0.1) is 0 Å². The van der Waals surface area contributed by atoms with Crippen molar-refractivity contribution in [2.24, 2.45) is 0 Å². The fourth-order valence-electron chi connectivity index (χ4n) is 3.07. The zero-order valence-corrected chi connectivity index (χ0v) is 19.0. The average molecular weight is 459 g/mol. The van der Waals surface area contributed by atoms with Gasteiger partial charge in [0.25, 0.3) is 0 Å². The lowest BCUT2D eigenvalue weighted by atomic mass is 10.2. The number of rotatable bonds is 10. The van der Waals surface area contributed by atoms with Crippen molar-refractivity contribution in [2.45, 2.75) is 24.9 Å². The van der Waals surface area contributed by atoms with Crippen LogP contribution in [0, 0.1) is 6.92 Å². The van der Waals surface area contributed by atoms with Crippen LogP contribution >= 0.6 is 0 Å². The predicted octanol–water partition coefficient (Wildman–Crippen LogP) is 3.11. The highest BCUT2D eigenvalue weighted by Gasteiger charge is 2.27. The molecule has 0 saturated carbocycles. The monoisotopic (exact) mass is 458 g/mol. The van der Waals surface area contributed by atoms with Crippen LogP contribution in [0.15, 0.2) is 70.2 Å². The maximum Gasteiger partial charge on any atom is 0.243 e. The molecule has 1 N–H and O–H groups in total. The molecule has 0 aliphatic heterocycles. The zero-order chi connectivity index (χ0) is 23.1. The molecule has 3 aromatic rings. The number of amides is 1. The number of carbonyl (C=O) groups is 1. The maximum atomic E-state index is 13.2. The molecule has 1 amide bonds. The Morgan fingerprint density at radius 3 is 2.38 bits per heavy atom. The highest BCUT2D eigenvalue weighted by molar-refractivity contribution is 7.89. The molecule has 32 heavy (non-hydrogen) atoms. The van der Waals surface area contributed by atoms with Gasteiger partial charge >= 0.3 is 0 Å². The molecule has 0 atom stereocenters. The number of benzene rings is 2. The Balaban J connectivity index is 1.74. The number of nitrogens with zero attached hydrogens (tertiary/aromatic N) is 1. The van der Waals surface area contributed by atoms with Crippen LogP contribution in [0.25, 0.3) is 0 Å². The lowest BCUT2D eigenvalue weighted by Crippen LogP contribution is -2.40. The standard InChI is InChI=1S/C23H26N2O6S/c1-17-6-9-20(10-7-17)32(27,28)25(15-19-5-4-12-31-19)16-23(26)24-14-18-8-11-21(29-2)22(13-18)30-3/h4-13H,14-16H2,1-3H3,(H,24,26). The van der Waals surface area contributed by atoms with Crippen LogP contribution in [0.4, 0.5) is 0 Å². The molecule has 0 aliphatic rings. The van der Waals surface area contributed by atoms with E-state index >= 15 is 0 Å². The van der Waals surface area contributed by atoms with E-state index in [1.807, 2.05) is 6.92 Å². The molecular weight excluding hydrogens is 432 g/mol. The number of carbonyl (C=O) groups excluding carboxylic acids is 1. The Morgan fingerprint density at radius 1 is 1.03 bits per heavy atom. The summed E-state index contributed by atoms with van der Waals surface area (Å²) in [7, 11) is -0.842. The van der Waals surface area contributed by atoms with E-state index in [0.29, 0.717) is 17.3 Å². The van der Waals surface area contributed by atoms with Gasteiger partial charge < -0.3 is 19.2 Å². The molecule has 9 heteroatoms. The first-order valence-electron chi connectivity index (χ1n) is 9.90.